The molecule has 37 heavy (non-hydrogen) atoms. The minimum absolute atomic E-state index is 0.149. The lowest BCUT2D eigenvalue weighted by molar-refractivity contribution is 0.1000. The summed E-state index contributed by atoms with van der Waals surface area (Å²) in [5.41, 5.74) is 6.08. The van der Waals surface area contributed by atoms with Crippen molar-refractivity contribution in [3.63, 3.8) is 0 Å². The van der Waals surface area contributed by atoms with Crippen LogP contribution < -0.4 is 11.1 Å². The average molecular weight is 508 g/mol. The fraction of sp³-hybridized carbons (Fsp3) is 0.304. The van der Waals surface area contributed by atoms with E-state index in [2.05, 4.69) is 20.5 Å². The number of hydrogen-bond acceptors (Lipinski definition) is 8. The zero-order valence-corrected chi connectivity index (χ0v) is 19.5. The second-order valence-corrected chi connectivity index (χ2v) is 8.62. The summed E-state index contributed by atoms with van der Waals surface area (Å²) < 4.78 is 29.7. The smallest absolute Gasteiger partial charge is 0.341 e. The molecule has 2 atom stereocenters. The minimum Gasteiger partial charge on any atom is -0.366 e. The third-order valence-corrected chi connectivity index (χ3v) is 6.30. The van der Waals surface area contributed by atoms with Crippen LogP contribution in [0.1, 0.15) is 40.1 Å². The van der Waals surface area contributed by atoms with E-state index in [9.17, 15) is 18.4 Å². The lowest BCUT2D eigenvalue weighted by atomic mass is 10.0. The first-order chi connectivity index (χ1) is 17.8. The SMILES string of the molecule is N#Cc1cc(F)cc([C@@H]2CC=NN2C(=O)N2CCN(C3=NC=C(F)C(n4cc(C(N)=O)cn4)N3)CC2)c1. The van der Waals surface area contributed by atoms with Gasteiger partial charge in [0.25, 0.3) is 5.91 Å². The quantitative estimate of drug-likeness (QED) is 0.641. The van der Waals surface area contributed by atoms with Gasteiger partial charge in [0.05, 0.1) is 35.6 Å². The Morgan fingerprint density at radius 3 is 2.65 bits per heavy atom. The molecule has 1 aromatic carbocycles. The molecule has 190 valence electrons. The number of amides is 3. The van der Waals surface area contributed by atoms with E-state index in [4.69, 9.17) is 11.0 Å². The second kappa shape index (κ2) is 9.69. The maximum Gasteiger partial charge on any atom is 0.341 e. The van der Waals surface area contributed by atoms with E-state index in [-0.39, 0.29) is 17.2 Å². The number of nitrogens with one attached hydrogen (secondary N) is 1. The second-order valence-electron chi connectivity index (χ2n) is 8.62. The van der Waals surface area contributed by atoms with Gasteiger partial charge in [0, 0.05) is 45.0 Å². The van der Waals surface area contributed by atoms with Crippen LogP contribution in [0.25, 0.3) is 0 Å². The summed E-state index contributed by atoms with van der Waals surface area (Å²) in [5, 5.41) is 21.6. The lowest BCUT2D eigenvalue weighted by Gasteiger charge is -2.39. The largest absolute Gasteiger partial charge is 0.366 e. The molecule has 0 aliphatic carbocycles. The number of aliphatic imine (C=N–C) groups is 1. The van der Waals surface area contributed by atoms with Gasteiger partial charge in [-0.25, -0.2) is 28.3 Å². The van der Waals surface area contributed by atoms with E-state index in [0.29, 0.717) is 44.1 Å². The predicted octanol–water partition coefficient (Wildman–Crippen LogP) is 1.43. The van der Waals surface area contributed by atoms with Gasteiger partial charge in [-0.3, -0.25) is 4.79 Å². The van der Waals surface area contributed by atoms with Gasteiger partial charge in [0.2, 0.25) is 5.96 Å². The molecule has 2 aromatic rings. The van der Waals surface area contributed by atoms with Gasteiger partial charge >= 0.3 is 6.03 Å². The number of hydrogen-bond donors (Lipinski definition) is 2. The van der Waals surface area contributed by atoms with E-state index in [1.807, 2.05) is 11.0 Å². The number of nitriles is 1. The molecule has 1 saturated heterocycles. The first kappa shape index (κ1) is 23.9. The molecule has 14 heteroatoms. The molecule has 0 radical (unpaired) electrons. The summed E-state index contributed by atoms with van der Waals surface area (Å²) in [7, 11) is 0. The topological polar surface area (TPSA) is 148 Å². The van der Waals surface area contributed by atoms with Crippen molar-refractivity contribution in [3.05, 3.63) is 65.1 Å². The van der Waals surface area contributed by atoms with E-state index < -0.39 is 29.8 Å². The Balaban J connectivity index is 1.23. The van der Waals surface area contributed by atoms with Gasteiger partial charge in [-0.05, 0) is 23.8 Å². The number of primary amides is 1. The number of urea groups is 1. The van der Waals surface area contributed by atoms with E-state index in [1.165, 1.54) is 28.2 Å². The summed E-state index contributed by atoms with van der Waals surface area (Å²) in [5.74, 6) is -1.41. The van der Waals surface area contributed by atoms with Gasteiger partial charge < -0.3 is 20.9 Å². The Morgan fingerprint density at radius 1 is 1.16 bits per heavy atom. The van der Waals surface area contributed by atoms with Crippen LogP contribution in [0.2, 0.25) is 0 Å². The highest BCUT2D eigenvalue weighted by molar-refractivity contribution is 5.92. The van der Waals surface area contributed by atoms with Gasteiger partial charge in [-0.1, -0.05) is 0 Å². The van der Waals surface area contributed by atoms with Gasteiger partial charge in [-0.15, -0.1) is 0 Å². The fourth-order valence-electron chi connectivity index (χ4n) is 4.39. The first-order valence-corrected chi connectivity index (χ1v) is 11.4. The zero-order chi connectivity index (χ0) is 26.1. The summed E-state index contributed by atoms with van der Waals surface area (Å²) in [6.07, 6.45) is 4.69. The van der Waals surface area contributed by atoms with Crippen LogP contribution in [0, 0.1) is 17.1 Å². The molecule has 0 saturated carbocycles. The van der Waals surface area contributed by atoms with E-state index >= 15 is 0 Å². The highest BCUT2D eigenvalue weighted by atomic mass is 19.1. The maximum absolute atomic E-state index is 14.5. The molecule has 0 spiro atoms. The number of rotatable bonds is 3. The van der Waals surface area contributed by atoms with Gasteiger partial charge in [0.1, 0.15) is 5.82 Å². The number of benzene rings is 1. The highest BCUT2D eigenvalue weighted by Crippen LogP contribution is 2.30. The summed E-state index contributed by atoms with van der Waals surface area (Å²) in [6, 6.07) is 5.09. The van der Waals surface area contributed by atoms with E-state index in [0.717, 1.165) is 12.3 Å². The first-order valence-electron chi connectivity index (χ1n) is 11.4. The Kier molecular flexibility index (Phi) is 6.26. The Morgan fingerprint density at radius 2 is 1.95 bits per heavy atom. The van der Waals surface area contributed by atoms with Crippen molar-refractivity contribution in [1.29, 1.82) is 5.26 Å². The number of aromatic nitrogens is 2. The maximum atomic E-state index is 14.5. The Labute approximate surface area is 209 Å². The predicted molar refractivity (Wildman–Crippen MR) is 127 cm³/mol. The standard InChI is InChI=1S/C23H22F2N10O2/c24-17-8-14(10-26)7-15(9-17)19-1-2-29-35(19)23(37)33-5-3-32(4-6-33)22-28-12-18(25)21(31-22)34-13-16(11-30-34)20(27)36/h2,7-9,11-13,19,21H,1,3-6H2,(H2,27,36)(H,28,31)/t19-,21?/m0/s1. The molecule has 3 amide bonds. The molecule has 3 aliphatic rings. The van der Waals surface area contributed by atoms with Crippen LogP contribution >= 0.6 is 0 Å². The van der Waals surface area contributed by atoms with Crippen molar-refractivity contribution in [2.24, 2.45) is 15.8 Å². The van der Waals surface area contributed by atoms with Crippen molar-refractivity contribution < 1.29 is 18.4 Å². The van der Waals surface area contributed by atoms with Crippen LogP contribution in [-0.4, -0.2) is 74.9 Å². The van der Waals surface area contributed by atoms with Crippen LogP contribution in [-0.2, 0) is 0 Å². The molecule has 1 aromatic heterocycles. The number of guanidine groups is 1. The summed E-state index contributed by atoms with van der Waals surface area (Å²) in [4.78, 5) is 32.2. The molecule has 0 bridgehead atoms. The summed E-state index contributed by atoms with van der Waals surface area (Å²) >= 11 is 0. The molecular formula is C23H22F2N10O2. The number of halogens is 2. The fourth-order valence-corrected chi connectivity index (χ4v) is 4.39. The van der Waals surface area contributed by atoms with E-state index in [1.54, 1.807) is 17.2 Å². The third-order valence-electron chi connectivity index (χ3n) is 6.30. The minimum atomic E-state index is -0.996. The third kappa shape index (κ3) is 4.70. The van der Waals surface area contributed by atoms with Crippen molar-refractivity contribution in [2.75, 3.05) is 26.2 Å². The van der Waals surface area contributed by atoms with Crippen LogP contribution in [0.3, 0.4) is 0 Å². The van der Waals surface area contributed by atoms with Crippen LogP contribution in [0.4, 0.5) is 13.6 Å². The molecule has 1 unspecified atom stereocenters. The molecule has 4 heterocycles. The molecule has 12 nitrogen and oxygen atoms in total. The van der Waals surface area contributed by atoms with Crippen molar-refractivity contribution >= 4 is 24.1 Å². The summed E-state index contributed by atoms with van der Waals surface area (Å²) in [6.45, 7) is 1.50. The van der Waals surface area contributed by atoms with Crippen LogP contribution in [0.15, 0.2) is 52.7 Å². The van der Waals surface area contributed by atoms with Crippen molar-refractivity contribution in [2.45, 2.75) is 18.6 Å². The number of carbonyl (C=O) groups excluding carboxylic acids is 2. The monoisotopic (exact) mass is 508 g/mol. The van der Waals surface area contributed by atoms with Crippen molar-refractivity contribution in [3.8, 4) is 6.07 Å². The number of nitrogens with zero attached hydrogens (tertiary/aromatic N) is 8. The number of carbonyl (C=O) groups is 2. The highest BCUT2D eigenvalue weighted by Gasteiger charge is 2.35. The van der Waals surface area contributed by atoms with Crippen LogP contribution in [0.5, 0.6) is 0 Å². The lowest BCUT2D eigenvalue weighted by Crippen LogP contribution is -2.56. The average Bonchev–Trinajstić information content (AvgIpc) is 3.59. The molecule has 5 rings (SSSR count). The Bertz CT molecular complexity index is 1370. The molecule has 1 fully saturated rings. The molecular weight excluding hydrogens is 486 g/mol. The number of hydrazone groups is 1. The van der Waals surface area contributed by atoms with Gasteiger partial charge in [-0.2, -0.15) is 15.5 Å². The van der Waals surface area contributed by atoms with Gasteiger partial charge in [0.15, 0.2) is 12.0 Å². The van der Waals surface area contributed by atoms with Crippen molar-refractivity contribution in [1.82, 2.24) is 29.9 Å². The number of nitrogens with two attached hydrogens (primary N) is 1. The zero-order valence-electron chi connectivity index (χ0n) is 19.5. The molecule has 3 N–H and O–H groups in total. The number of piperazine rings is 1. The Hall–Kier alpha value is -4.80. The normalized spacial score (nSPS) is 21.3. The molecule has 3 aliphatic heterocycles.